The molecule has 0 unspecified atom stereocenters. The van der Waals surface area contributed by atoms with E-state index in [1.165, 1.54) is 0 Å². The fourth-order valence-corrected chi connectivity index (χ4v) is 2.01. The van der Waals surface area contributed by atoms with Crippen LogP contribution in [-0.2, 0) is 9.47 Å². The number of hydrogen-bond acceptors (Lipinski definition) is 4. The van der Waals surface area contributed by atoms with Gasteiger partial charge in [-0.25, -0.2) is 0 Å². The summed E-state index contributed by atoms with van der Waals surface area (Å²) in [6, 6.07) is 0. The molecule has 0 aromatic heterocycles. The van der Waals surface area contributed by atoms with E-state index in [4.69, 9.17) is 20.9 Å². The minimum Gasteiger partial charge on any atom is -0.452 e. The third-order valence-electron chi connectivity index (χ3n) is 2.67. The second kappa shape index (κ2) is 3.20. The average Bonchev–Trinajstić information content (AvgIpc) is 2.74. The lowest BCUT2D eigenvalue weighted by Crippen LogP contribution is -2.27. The summed E-state index contributed by atoms with van der Waals surface area (Å²) in [5.41, 5.74) is 11.1. The van der Waals surface area contributed by atoms with Crippen molar-refractivity contribution in [1.82, 2.24) is 0 Å². The van der Waals surface area contributed by atoms with Crippen molar-refractivity contribution in [3.05, 3.63) is 11.5 Å². The van der Waals surface area contributed by atoms with Crippen LogP contribution in [0.25, 0.3) is 0 Å². The third kappa shape index (κ3) is 1.40. The van der Waals surface area contributed by atoms with Crippen LogP contribution in [0.5, 0.6) is 0 Å². The van der Waals surface area contributed by atoms with E-state index >= 15 is 0 Å². The van der Waals surface area contributed by atoms with Gasteiger partial charge < -0.3 is 20.9 Å². The highest BCUT2D eigenvalue weighted by atomic mass is 16.7. The van der Waals surface area contributed by atoms with Gasteiger partial charge in [0.25, 0.3) is 5.79 Å². The summed E-state index contributed by atoms with van der Waals surface area (Å²) in [6.07, 6.45) is 4.24. The van der Waals surface area contributed by atoms with Crippen molar-refractivity contribution in [2.45, 2.75) is 31.5 Å². The maximum Gasteiger partial charge on any atom is 0.250 e. The molecule has 0 radical (unpaired) electrons. The van der Waals surface area contributed by atoms with E-state index in [9.17, 15) is 0 Å². The zero-order valence-corrected chi connectivity index (χ0v) is 7.71. The summed E-state index contributed by atoms with van der Waals surface area (Å²) in [5.74, 6) is 1.08. The molecule has 0 saturated heterocycles. The van der Waals surface area contributed by atoms with Crippen molar-refractivity contribution in [3.63, 3.8) is 0 Å². The lowest BCUT2D eigenvalue weighted by atomic mass is 10.2. The summed E-state index contributed by atoms with van der Waals surface area (Å²) >= 11 is 0. The molecule has 4 heteroatoms. The van der Waals surface area contributed by atoms with Gasteiger partial charge in [0.05, 0.1) is 13.1 Å². The van der Waals surface area contributed by atoms with Gasteiger partial charge in [-0.15, -0.1) is 0 Å². The molecule has 0 amide bonds. The Hall–Kier alpha value is -0.740. The molecule has 2 rings (SSSR count). The van der Waals surface area contributed by atoms with Crippen LogP contribution in [0.1, 0.15) is 25.7 Å². The number of ether oxygens (including phenoxy) is 2. The molecular weight excluding hydrogens is 168 g/mol. The van der Waals surface area contributed by atoms with Gasteiger partial charge in [-0.05, 0) is 12.8 Å². The molecule has 1 saturated carbocycles. The Morgan fingerprint density at radius 3 is 1.85 bits per heavy atom. The van der Waals surface area contributed by atoms with Crippen LogP contribution in [-0.4, -0.2) is 18.9 Å². The Bertz CT molecular complexity index is 214. The average molecular weight is 184 g/mol. The number of hydrogen-bond donors (Lipinski definition) is 2. The SMILES string of the molecule is NCC1=C(CN)OC2(CCCC2)O1. The van der Waals surface area contributed by atoms with E-state index in [1.807, 2.05) is 0 Å². The van der Waals surface area contributed by atoms with Crippen molar-refractivity contribution in [2.24, 2.45) is 11.5 Å². The molecule has 1 aliphatic heterocycles. The van der Waals surface area contributed by atoms with E-state index in [0.717, 1.165) is 37.2 Å². The van der Waals surface area contributed by atoms with E-state index in [-0.39, 0.29) is 0 Å². The normalized spacial score (nSPS) is 25.1. The Morgan fingerprint density at radius 1 is 1.00 bits per heavy atom. The van der Waals surface area contributed by atoms with Gasteiger partial charge in [0, 0.05) is 12.8 Å². The minimum atomic E-state index is -0.399. The number of nitrogens with two attached hydrogens (primary N) is 2. The monoisotopic (exact) mass is 184 g/mol. The molecule has 1 spiro atoms. The fraction of sp³-hybridized carbons (Fsp3) is 0.778. The zero-order chi connectivity index (χ0) is 9.31. The van der Waals surface area contributed by atoms with Crippen LogP contribution in [0, 0.1) is 0 Å². The largest absolute Gasteiger partial charge is 0.452 e. The van der Waals surface area contributed by atoms with Crippen LogP contribution in [0.4, 0.5) is 0 Å². The quantitative estimate of drug-likeness (QED) is 0.653. The van der Waals surface area contributed by atoms with Crippen LogP contribution < -0.4 is 11.5 Å². The summed E-state index contributed by atoms with van der Waals surface area (Å²) in [4.78, 5) is 0. The minimum absolute atomic E-state index is 0.383. The first kappa shape index (κ1) is 8.84. The molecule has 0 aromatic rings. The predicted molar refractivity (Wildman–Crippen MR) is 48.5 cm³/mol. The van der Waals surface area contributed by atoms with Crippen molar-refractivity contribution in [3.8, 4) is 0 Å². The lowest BCUT2D eigenvalue weighted by Gasteiger charge is -2.23. The molecule has 13 heavy (non-hydrogen) atoms. The van der Waals surface area contributed by atoms with Crippen LogP contribution in [0.3, 0.4) is 0 Å². The van der Waals surface area contributed by atoms with Gasteiger partial charge in [-0.1, -0.05) is 0 Å². The maximum atomic E-state index is 5.71. The Morgan fingerprint density at radius 2 is 1.46 bits per heavy atom. The second-order valence-electron chi connectivity index (χ2n) is 3.58. The Labute approximate surface area is 77.9 Å². The highest BCUT2D eigenvalue weighted by Crippen LogP contribution is 2.42. The smallest absolute Gasteiger partial charge is 0.250 e. The Balaban J connectivity index is 2.10. The predicted octanol–water partition coefficient (Wildman–Crippen LogP) is 0.432. The fourth-order valence-electron chi connectivity index (χ4n) is 2.01. The van der Waals surface area contributed by atoms with Gasteiger partial charge in [0.15, 0.2) is 11.5 Å². The molecule has 0 aromatic carbocycles. The molecule has 1 aliphatic carbocycles. The van der Waals surface area contributed by atoms with Crippen molar-refractivity contribution in [2.75, 3.05) is 13.1 Å². The molecule has 0 atom stereocenters. The first-order valence-corrected chi connectivity index (χ1v) is 4.80. The molecule has 1 heterocycles. The summed E-state index contributed by atoms with van der Waals surface area (Å²) < 4.78 is 11.4. The van der Waals surface area contributed by atoms with E-state index in [2.05, 4.69) is 0 Å². The topological polar surface area (TPSA) is 70.5 Å². The van der Waals surface area contributed by atoms with Crippen LogP contribution >= 0.6 is 0 Å². The maximum absolute atomic E-state index is 5.71. The molecule has 4 nitrogen and oxygen atoms in total. The van der Waals surface area contributed by atoms with E-state index in [1.54, 1.807) is 0 Å². The summed E-state index contributed by atoms with van der Waals surface area (Å²) in [6.45, 7) is 0.766. The number of rotatable bonds is 2. The third-order valence-corrected chi connectivity index (χ3v) is 2.67. The van der Waals surface area contributed by atoms with Gasteiger partial charge >= 0.3 is 0 Å². The first-order chi connectivity index (χ1) is 6.29. The van der Waals surface area contributed by atoms with Crippen molar-refractivity contribution < 1.29 is 9.47 Å². The van der Waals surface area contributed by atoms with Gasteiger partial charge in [-0.2, -0.15) is 0 Å². The summed E-state index contributed by atoms with van der Waals surface area (Å²) in [5, 5.41) is 0. The van der Waals surface area contributed by atoms with Gasteiger partial charge in [0.2, 0.25) is 0 Å². The molecule has 0 bridgehead atoms. The summed E-state index contributed by atoms with van der Waals surface area (Å²) in [7, 11) is 0. The second-order valence-corrected chi connectivity index (χ2v) is 3.58. The lowest BCUT2D eigenvalue weighted by molar-refractivity contribution is -0.147. The highest BCUT2D eigenvalue weighted by Gasteiger charge is 2.44. The molecule has 1 fully saturated rings. The molecule has 2 aliphatic rings. The zero-order valence-electron chi connectivity index (χ0n) is 7.71. The first-order valence-electron chi connectivity index (χ1n) is 4.80. The Kier molecular flexibility index (Phi) is 2.17. The van der Waals surface area contributed by atoms with Gasteiger partial charge in [0.1, 0.15) is 0 Å². The van der Waals surface area contributed by atoms with E-state index in [0.29, 0.717) is 13.1 Å². The van der Waals surface area contributed by atoms with Crippen LogP contribution in [0.2, 0.25) is 0 Å². The van der Waals surface area contributed by atoms with Crippen LogP contribution in [0.15, 0.2) is 11.5 Å². The molecule has 74 valence electrons. The van der Waals surface area contributed by atoms with E-state index < -0.39 is 5.79 Å². The molecule has 4 N–H and O–H groups in total. The van der Waals surface area contributed by atoms with Crippen molar-refractivity contribution in [1.29, 1.82) is 0 Å². The standard InChI is InChI=1S/C9H16N2O2/c10-5-7-8(6-11)13-9(12-7)3-1-2-4-9/h1-6,10-11H2. The molecular formula is C9H16N2O2. The highest BCUT2D eigenvalue weighted by molar-refractivity contribution is 5.12. The van der Waals surface area contributed by atoms with Gasteiger partial charge in [-0.3, -0.25) is 0 Å². The van der Waals surface area contributed by atoms with Crippen molar-refractivity contribution >= 4 is 0 Å².